The second-order valence-electron chi connectivity index (χ2n) is 10.3. The summed E-state index contributed by atoms with van der Waals surface area (Å²) in [5.41, 5.74) is 6.64. The molecule has 1 unspecified atom stereocenters. The number of fused-ring (bicyclic) bond motifs is 4. The highest BCUT2D eigenvalue weighted by Crippen LogP contribution is 2.61. The van der Waals surface area contributed by atoms with Gasteiger partial charge in [0.1, 0.15) is 6.10 Å². The molecule has 1 saturated carbocycles. The van der Waals surface area contributed by atoms with Crippen molar-refractivity contribution in [2.75, 3.05) is 19.6 Å². The molecule has 0 radical (unpaired) electrons. The van der Waals surface area contributed by atoms with Gasteiger partial charge in [-0.05, 0) is 98.2 Å². The van der Waals surface area contributed by atoms with Gasteiger partial charge in [0.05, 0.1) is 6.04 Å². The average Bonchev–Trinajstić information content (AvgIpc) is 3.57. The third-order valence-electron chi connectivity index (χ3n) is 8.36. The summed E-state index contributed by atoms with van der Waals surface area (Å²) in [4.78, 5) is 15.5. The maximum absolute atomic E-state index is 13.0. The van der Waals surface area contributed by atoms with E-state index in [4.69, 9.17) is 4.74 Å². The smallest absolute Gasteiger partial charge is 0.407 e. The lowest BCUT2D eigenvalue weighted by Gasteiger charge is -2.44. The van der Waals surface area contributed by atoms with E-state index < -0.39 is 0 Å². The molecule has 31 heavy (non-hydrogen) atoms. The van der Waals surface area contributed by atoms with Crippen LogP contribution in [0.5, 0.6) is 0 Å². The number of benzene rings is 2. The molecule has 4 fully saturated rings. The number of nitrogens with one attached hydrogen (secondary N) is 1. The van der Waals surface area contributed by atoms with Crippen LogP contribution in [0.1, 0.15) is 54.8 Å². The number of nitrogens with zero attached hydrogens (tertiary/aromatic N) is 1. The van der Waals surface area contributed by atoms with E-state index in [9.17, 15) is 4.79 Å². The Balaban J connectivity index is 1.25. The van der Waals surface area contributed by atoms with Crippen molar-refractivity contribution in [3.63, 3.8) is 0 Å². The lowest BCUT2D eigenvalue weighted by molar-refractivity contribution is -0.0347. The molecule has 2 bridgehead atoms. The summed E-state index contributed by atoms with van der Waals surface area (Å²) in [6.07, 6.45) is 6.83. The van der Waals surface area contributed by atoms with Crippen LogP contribution in [0.15, 0.2) is 42.5 Å². The average molecular weight is 417 g/mol. The lowest BCUT2D eigenvalue weighted by atomic mass is 9.76. The molecule has 3 aliphatic heterocycles. The summed E-state index contributed by atoms with van der Waals surface area (Å²) in [5, 5.41) is 3.34. The van der Waals surface area contributed by atoms with Crippen molar-refractivity contribution < 1.29 is 9.53 Å². The summed E-state index contributed by atoms with van der Waals surface area (Å²) in [6, 6.07) is 15.6. The number of carbonyl (C=O) groups excluding carboxylic acids is 1. The zero-order valence-electron chi connectivity index (χ0n) is 18.4. The summed E-state index contributed by atoms with van der Waals surface area (Å²) in [6.45, 7) is 5.34. The summed E-state index contributed by atoms with van der Waals surface area (Å²) >= 11 is 0. The SMILES string of the molecule is Cc1ccc(-c2ccc3c(c2)C(NC(=O)O[C@@H]2CN4CCC2CC4)C2(CC3)CC2)cc1. The molecular formula is C27H32N2O2. The number of rotatable bonds is 3. The molecule has 162 valence electrons. The van der Waals surface area contributed by atoms with Crippen LogP contribution in [-0.4, -0.2) is 36.7 Å². The molecule has 2 aliphatic carbocycles. The molecule has 1 spiro atoms. The Bertz CT molecular complexity index is 987. The second-order valence-corrected chi connectivity index (χ2v) is 10.3. The molecule has 3 saturated heterocycles. The van der Waals surface area contributed by atoms with Crippen LogP contribution in [0.4, 0.5) is 4.79 Å². The molecule has 1 N–H and O–H groups in total. The van der Waals surface area contributed by atoms with Gasteiger partial charge < -0.3 is 10.1 Å². The standard InChI is InChI=1S/C27H32N2O2/c1-18-2-4-19(5-3-18)22-7-6-20-8-11-27(12-13-27)25(23(20)16-22)28-26(30)31-24-17-29-14-9-21(24)10-15-29/h2-7,16,21,24-25H,8-15,17H2,1H3,(H,28,30)/t24-,25?/m1/s1. The maximum Gasteiger partial charge on any atom is 0.407 e. The summed E-state index contributed by atoms with van der Waals surface area (Å²) in [7, 11) is 0. The Morgan fingerprint density at radius 1 is 1.03 bits per heavy atom. The van der Waals surface area contributed by atoms with Gasteiger partial charge in [-0.25, -0.2) is 4.79 Å². The van der Waals surface area contributed by atoms with E-state index >= 15 is 0 Å². The largest absolute Gasteiger partial charge is 0.445 e. The van der Waals surface area contributed by atoms with Crippen LogP contribution < -0.4 is 5.32 Å². The van der Waals surface area contributed by atoms with Crippen molar-refractivity contribution in [3.8, 4) is 11.1 Å². The van der Waals surface area contributed by atoms with Crippen molar-refractivity contribution in [3.05, 3.63) is 59.2 Å². The molecule has 0 aromatic heterocycles. The first kappa shape index (κ1) is 19.4. The third kappa shape index (κ3) is 3.55. The number of hydrogen-bond donors (Lipinski definition) is 1. The van der Waals surface area contributed by atoms with Crippen LogP contribution in [0, 0.1) is 18.3 Å². The molecule has 2 atom stereocenters. The minimum Gasteiger partial charge on any atom is -0.445 e. The van der Waals surface area contributed by atoms with Crippen molar-refractivity contribution in [2.45, 2.75) is 57.6 Å². The van der Waals surface area contributed by atoms with Gasteiger partial charge in [-0.1, -0.05) is 42.0 Å². The predicted molar refractivity (Wildman–Crippen MR) is 122 cm³/mol. The fraction of sp³-hybridized carbons (Fsp3) is 0.519. The Labute approximate surface area is 185 Å². The Hall–Kier alpha value is -2.33. The zero-order valence-corrected chi connectivity index (χ0v) is 18.4. The van der Waals surface area contributed by atoms with Crippen LogP contribution in [-0.2, 0) is 11.2 Å². The minimum atomic E-state index is -0.219. The first-order chi connectivity index (χ1) is 15.1. The molecule has 4 nitrogen and oxygen atoms in total. The van der Waals surface area contributed by atoms with E-state index in [1.165, 1.54) is 40.7 Å². The van der Waals surface area contributed by atoms with Gasteiger partial charge in [-0.2, -0.15) is 0 Å². The quantitative estimate of drug-likeness (QED) is 0.743. The fourth-order valence-corrected chi connectivity index (χ4v) is 6.14. The first-order valence-electron chi connectivity index (χ1n) is 12.0. The molecule has 7 rings (SSSR count). The minimum absolute atomic E-state index is 0.0552. The normalized spacial score (nSPS) is 30.0. The highest BCUT2D eigenvalue weighted by atomic mass is 16.6. The van der Waals surface area contributed by atoms with Crippen molar-refractivity contribution in [2.24, 2.45) is 11.3 Å². The second kappa shape index (κ2) is 7.37. The zero-order chi connectivity index (χ0) is 21.0. The number of aryl methyl sites for hydroxylation is 2. The molecule has 1 amide bonds. The summed E-state index contributed by atoms with van der Waals surface area (Å²) in [5.74, 6) is 0.539. The van der Waals surface area contributed by atoms with Crippen molar-refractivity contribution >= 4 is 6.09 Å². The number of amides is 1. The van der Waals surface area contributed by atoms with Crippen molar-refractivity contribution in [1.29, 1.82) is 0 Å². The number of piperidine rings is 3. The predicted octanol–water partition coefficient (Wildman–Crippen LogP) is 5.25. The highest BCUT2D eigenvalue weighted by molar-refractivity contribution is 5.70. The van der Waals surface area contributed by atoms with Gasteiger partial charge >= 0.3 is 6.09 Å². The fourth-order valence-electron chi connectivity index (χ4n) is 6.14. The van der Waals surface area contributed by atoms with Gasteiger partial charge in [0.25, 0.3) is 0 Å². The van der Waals surface area contributed by atoms with Gasteiger partial charge in [0.2, 0.25) is 0 Å². The molecule has 2 aromatic carbocycles. The lowest BCUT2D eigenvalue weighted by Crippen LogP contribution is -2.53. The maximum atomic E-state index is 13.0. The monoisotopic (exact) mass is 416 g/mol. The van der Waals surface area contributed by atoms with Gasteiger partial charge in [0.15, 0.2) is 0 Å². The van der Waals surface area contributed by atoms with E-state index in [1.54, 1.807) is 0 Å². The Morgan fingerprint density at radius 3 is 2.45 bits per heavy atom. The number of ether oxygens (including phenoxy) is 1. The van der Waals surface area contributed by atoms with Crippen LogP contribution in [0.25, 0.3) is 11.1 Å². The summed E-state index contributed by atoms with van der Waals surface area (Å²) < 4.78 is 6.00. The topological polar surface area (TPSA) is 41.6 Å². The van der Waals surface area contributed by atoms with Gasteiger partial charge in [-0.15, -0.1) is 0 Å². The Kier molecular flexibility index (Phi) is 4.60. The van der Waals surface area contributed by atoms with Crippen LogP contribution in [0.3, 0.4) is 0 Å². The van der Waals surface area contributed by atoms with Gasteiger partial charge in [0, 0.05) is 6.54 Å². The van der Waals surface area contributed by atoms with Crippen molar-refractivity contribution in [1.82, 2.24) is 10.2 Å². The van der Waals surface area contributed by atoms with E-state index in [0.717, 1.165) is 45.3 Å². The first-order valence-corrected chi connectivity index (χ1v) is 12.0. The van der Waals surface area contributed by atoms with E-state index in [0.29, 0.717) is 5.92 Å². The Morgan fingerprint density at radius 2 is 1.77 bits per heavy atom. The molecule has 2 aromatic rings. The van der Waals surface area contributed by atoms with E-state index in [1.807, 2.05) is 0 Å². The molecule has 5 aliphatic rings. The van der Waals surface area contributed by atoms with Crippen LogP contribution >= 0.6 is 0 Å². The van der Waals surface area contributed by atoms with Gasteiger partial charge in [-0.3, -0.25) is 4.90 Å². The number of hydrogen-bond acceptors (Lipinski definition) is 3. The van der Waals surface area contributed by atoms with E-state index in [2.05, 4.69) is 59.6 Å². The third-order valence-corrected chi connectivity index (χ3v) is 8.36. The highest BCUT2D eigenvalue weighted by Gasteiger charge is 2.53. The molecule has 4 heteroatoms. The van der Waals surface area contributed by atoms with E-state index in [-0.39, 0.29) is 23.7 Å². The molecule has 3 heterocycles. The van der Waals surface area contributed by atoms with Crippen LogP contribution in [0.2, 0.25) is 0 Å². The number of alkyl carbamates (subject to hydrolysis) is 1. The number of carbonyl (C=O) groups is 1. The molecular weight excluding hydrogens is 384 g/mol.